The molecule has 4 heteroatoms. The van der Waals surface area contributed by atoms with Crippen LogP contribution >= 0.6 is 11.8 Å². The van der Waals surface area contributed by atoms with Crippen LogP contribution in [0.3, 0.4) is 0 Å². The van der Waals surface area contributed by atoms with Crippen molar-refractivity contribution in [2.75, 3.05) is 4.90 Å². The Morgan fingerprint density at radius 3 is 2.95 bits per heavy atom. The molecular formula is C15H13N2OS. The van der Waals surface area contributed by atoms with Gasteiger partial charge < -0.3 is 9.32 Å². The van der Waals surface area contributed by atoms with E-state index in [1.54, 1.807) is 18.0 Å². The normalized spacial score (nSPS) is 18.4. The molecule has 3 nitrogen and oxygen atoms in total. The molecule has 1 unspecified atom stereocenters. The van der Waals surface area contributed by atoms with Gasteiger partial charge in [-0.2, -0.15) is 0 Å². The van der Waals surface area contributed by atoms with Crippen molar-refractivity contribution in [2.24, 2.45) is 0 Å². The van der Waals surface area contributed by atoms with Crippen LogP contribution in [0.25, 0.3) is 4.91 Å². The number of benzene rings is 1. The fourth-order valence-corrected chi connectivity index (χ4v) is 3.11. The third-order valence-electron chi connectivity index (χ3n) is 2.82. The van der Waals surface area contributed by atoms with E-state index >= 15 is 0 Å². The third kappa shape index (κ3) is 2.44. The van der Waals surface area contributed by atoms with Crippen molar-refractivity contribution in [2.45, 2.75) is 11.8 Å². The second kappa shape index (κ2) is 5.36. The Morgan fingerprint density at radius 2 is 2.26 bits per heavy atom. The smallest absolute Gasteiger partial charge is 0.181 e. The maximum absolute atomic E-state index is 5.34. The fourth-order valence-electron chi connectivity index (χ4n) is 1.95. The second-order valence-corrected chi connectivity index (χ2v) is 5.30. The number of hydrogen-bond donors (Lipinski definition) is 0. The van der Waals surface area contributed by atoms with Crippen LogP contribution < -0.4 is 4.90 Å². The number of rotatable bonds is 4. The first-order chi connectivity index (χ1) is 9.38. The molecule has 0 N–H and O–H groups in total. The highest BCUT2D eigenvalue weighted by Crippen LogP contribution is 2.42. The van der Waals surface area contributed by atoms with E-state index in [2.05, 4.69) is 34.8 Å². The summed E-state index contributed by atoms with van der Waals surface area (Å²) in [7, 11) is 0. The predicted molar refractivity (Wildman–Crippen MR) is 78.3 cm³/mol. The first-order valence-corrected chi connectivity index (χ1v) is 6.91. The van der Waals surface area contributed by atoms with E-state index in [0.29, 0.717) is 0 Å². The van der Waals surface area contributed by atoms with Gasteiger partial charge in [-0.3, -0.25) is 0 Å². The molecule has 1 atom stereocenters. The van der Waals surface area contributed by atoms with Crippen molar-refractivity contribution in [3.8, 4) is 0 Å². The van der Waals surface area contributed by atoms with Gasteiger partial charge in [0.2, 0.25) is 0 Å². The first-order valence-electron chi connectivity index (χ1n) is 6.03. The topological polar surface area (TPSA) is 29.3 Å². The molecule has 95 valence electrons. The van der Waals surface area contributed by atoms with Crippen LogP contribution in [0, 0.1) is 6.20 Å². The standard InChI is InChI=1S/C15H13N2OS/c1-2-6-15-17(12-7-4-3-5-8-12)10-14(19-15)13-9-16-11-18-13/h2-5,7-9,11,15H,1,6H2. The lowest BCUT2D eigenvalue weighted by Gasteiger charge is -2.22. The van der Waals surface area contributed by atoms with Gasteiger partial charge in [0, 0.05) is 5.69 Å². The molecule has 0 amide bonds. The number of hydrogen-bond acceptors (Lipinski definition) is 4. The highest BCUT2D eigenvalue weighted by molar-refractivity contribution is 8.09. The SMILES string of the molecule is C=CCC1SC(c2cnco2)=[C]N1c1ccccc1. The number of thioether (sulfide) groups is 1. The Kier molecular flexibility index (Phi) is 3.42. The summed E-state index contributed by atoms with van der Waals surface area (Å²) in [6.07, 6.45) is 9.34. The van der Waals surface area contributed by atoms with Gasteiger partial charge in [-0.05, 0) is 18.6 Å². The molecule has 0 fully saturated rings. The molecule has 0 bridgehead atoms. The van der Waals surface area contributed by atoms with Crippen LogP contribution in [-0.4, -0.2) is 10.4 Å². The highest BCUT2D eigenvalue weighted by Gasteiger charge is 2.28. The Bertz CT molecular complexity index is 577. The minimum absolute atomic E-state index is 0.264. The molecule has 0 saturated carbocycles. The molecule has 0 spiro atoms. The molecule has 19 heavy (non-hydrogen) atoms. The maximum Gasteiger partial charge on any atom is 0.181 e. The van der Waals surface area contributed by atoms with Gasteiger partial charge in [0.15, 0.2) is 12.2 Å². The Hall–Kier alpha value is -1.94. The zero-order valence-electron chi connectivity index (χ0n) is 10.3. The van der Waals surface area contributed by atoms with Crippen molar-refractivity contribution in [3.63, 3.8) is 0 Å². The quantitative estimate of drug-likeness (QED) is 0.786. The Labute approximate surface area is 116 Å². The van der Waals surface area contributed by atoms with Crippen LogP contribution in [0.2, 0.25) is 0 Å². The van der Waals surface area contributed by atoms with Gasteiger partial charge in [-0.25, -0.2) is 4.98 Å². The van der Waals surface area contributed by atoms with Crippen LogP contribution in [0.1, 0.15) is 12.2 Å². The lowest BCUT2D eigenvalue weighted by Crippen LogP contribution is -2.23. The van der Waals surface area contributed by atoms with Gasteiger partial charge in [0.25, 0.3) is 0 Å². The highest BCUT2D eigenvalue weighted by atomic mass is 32.2. The van der Waals surface area contributed by atoms with Crippen molar-refractivity contribution < 1.29 is 4.42 Å². The van der Waals surface area contributed by atoms with Crippen molar-refractivity contribution in [1.82, 2.24) is 4.98 Å². The lowest BCUT2D eigenvalue weighted by atomic mass is 10.2. The molecule has 1 aliphatic heterocycles. The van der Waals surface area contributed by atoms with Crippen LogP contribution in [0.4, 0.5) is 5.69 Å². The molecule has 1 aromatic heterocycles. The van der Waals surface area contributed by atoms with Crippen LogP contribution in [0.15, 0.2) is 60.0 Å². The van der Waals surface area contributed by atoms with E-state index in [9.17, 15) is 0 Å². The second-order valence-electron chi connectivity index (χ2n) is 4.11. The maximum atomic E-state index is 5.34. The van der Waals surface area contributed by atoms with Gasteiger partial charge in [-0.15, -0.1) is 6.58 Å². The summed E-state index contributed by atoms with van der Waals surface area (Å²) in [6.45, 7) is 3.83. The zero-order chi connectivity index (χ0) is 13.1. The van der Waals surface area contributed by atoms with E-state index in [1.807, 2.05) is 24.3 Å². The van der Waals surface area contributed by atoms with Crippen molar-refractivity contribution in [3.05, 3.63) is 67.5 Å². The summed E-state index contributed by atoms with van der Waals surface area (Å²) in [4.78, 5) is 7.07. The van der Waals surface area contributed by atoms with Crippen LogP contribution in [0.5, 0.6) is 0 Å². The summed E-state index contributed by atoms with van der Waals surface area (Å²) < 4.78 is 5.34. The monoisotopic (exact) mass is 269 g/mol. The third-order valence-corrected chi connectivity index (χ3v) is 4.03. The number of nitrogens with zero attached hydrogens (tertiary/aromatic N) is 2. The van der Waals surface area contributed by atoms with E-state index in [-0.39, 0.29) is 5.37 Å². The Morgan fingerprint density at radius 1 is 1.42 bits per heavy atom. The molecule has 1 radical (unpaired) electrons. The first kappa shape index (κ1) is 12.1. The minimum atomic E-state index is 0.264. The van der Waals surface area contributed by atoms with Gasteiger partial charge >= 0.3 is 0 Å². The molecule has 0 saturated heterocycles. The average molecular weight is 269 g/mol. The predicted octanol–water partition coefficient (Wildman–Crippen LogP) is 3.93. The van der Waals surface area contributed by atoms with E-state index in [0.717, 1.165) is 22.8 Å². The van der Waals surface area contributed by atoms with Crippen LogP contribution in [-0.2, 0) is 0 Å². The van der Waals surface area contributed by atoms with Crippen molar-refractivity contribution >= 4 is 22.4 Å². The lowest BCUT2D eigenvalue weighted by molar-refractivity contribution is 0.547. The molecular weight excluding hydrogens is 256 g/mol. The summed E-state index contributed by atoms with van der Waals surface area (Å²) in [5, 5.41) is 0.264. The summed E-state index contributed by atoms with van der Waals surface area (Å²) in [5.74, 6) is 0.762. The fraction of sp³-hybridized carbons (Fsp3) is 0.133. The molecule has 2 heterocycles. The molecule has 1 aliphatic rings. The Balaban J connectivity index is 1.92. The van der Waals surface area contributed by atoms with Gasteiger partial charge in [-0.1, -0.05) is 36.0 Å². The number of anilines is 1. The average Bonchev–Trinajstić information content (AvgIpc) is 3.08. The largest absolute Gasteiger partial charge is 0.443 e. The molecule has 2 aromatic rings. The number of aromatic nitrogens is 1. The molecule has 3 rings (SSSR count). The number of oxazole rings is 1. The molecule has 0 aliphatic carbocycles. The minimum Gasteiger partial charge on any atom is -0.443 e. The van der Waals surface area contributed by atoms with Gasteiger partial charge in [0.1, 0.15) is 0 Å². The van der Waals surface area contributed by atoms with E-state index in [1.165, 1.54) is 6.39 Å². The summed E-state index contributed by atoms with van der Waals surface area (Å²) >= 11 is 1.72. The zero-order valence-corrected chi connectivity index (χ0v) is 11.1. The van der Waals surface area contributed by atoms with E-state index < -0.39 is 0 Å². The van der Waals surface area contributed by atoms with E-state index in [4.69, 9.17) is 4.42 Å². The summed E-state index contributed by atoms with van der Waals surface area (Å²) in [6, 6.07) is 10.2. The number of para-hydroxylation sites is 1. The van der Waals surface area contributed by atoms with Crippen molar-refractivity contribution in [1.29, 1.82) is 0 Å². The van der Waals surface area contributed by atoms with Gasteiger partial charge in [0.05, 0.1) is 22.7 Å². The molecule has 1 aromatic carbocycles. The summed E-state index contributed by atoms with van der Waals surface area (Å²) in [5.41, 5.74) is 1.12.